The molecule has 4 nitrogen and oxygen atoms in total. The van der Waals surface area contributed by atoms with E-state index >= 15 is 0 Å². The number of hydrogen-bond acceptors (Lipinski definition) is 4. The average Bonchev–Trinajstić information content (AvgIpc) is 2.64. The fourth-order valence-electron chi connectivity index (χ4n) is 1.65. The summed E-state index contributed by atoms with van der Waals surface area (Å²) in [5, 5.41) is 12.4. The molecular weight excluding hydrogens is 352 g/mol. The molecule has 0 aliphatic rings. The third kappa shape index (κ3) is 4.37. The van der Waals surface area contributed by atoms with Gasteiger partial charge in [0.2, 0.25) is 0 Å². The average molecular weight is 370 g/mol. The fourth-order valence-corrected chi connectivity index (χ4v) is 2.25. The Morgan fingerprint density at radius 1 is 1.53 bits per heavy atom. The van der Waals surface area contributed by atoms with Crippen molar-refractivity contribution in [2.75, 3.05) is 13.2 Å². The van der Waals surface area contributed by atoms with Crippen LogP contribution in [0.1, 0.15) is 31.6 Å². The smallest absolute Gasteiger partial charge is 0.183 e. The third-order valence-corrected chi connectivity index (χ3v) is 4.36. The van der Waals surface area contributed by atoms with Crippen molar-refractivity contribution < 1.29 is 9.52 Å². The molecule has 2 atom stereocenters. The largest absolute Gasteiger partial charge is 0.451 e. The molecule has 1 aromatic heterocycles. The molecule has 0 radical (unpaired) electrons. The molecule has 0 saturated heterocycles. The van der Waals surface area contributed by atoms with Crippen molar-refractivity contribution in [2.24, 2.45) is 5.73 Å². The molecule has 4 N–H and O–H groups in total. The molecule has 0 bridgehead atoms. The van der Waals surface area contributed by atoms with Crippen LogP contribution in [0.3, 0.4) is 0 Å². The van der Waals surface area contributed by atoms with Gasteiger partial charge in [-0.15, -0.1) is 0 Å². The quantitative estimate of drug-likeness (QED) is 0.690. The van der Waals surface area contributed by atoms with Crippen molar-refractivity contribution in [3.8, 4) is 0 Å². The Morgan fingerprint density at radius 3 is 2.65 bits per heavy atom. The number of nitrogens with two attached hydrogens (primary N) is 1. The van der Waals surface area contributed by atoms with Gasteiger partial charge in [-0.05, 0) is 50.8 Å². The van der Waals surface area contributed by atoms with E-state index in [0.29, 0.717) is 11.2 Å². The Kier molecular flexibility index (Phi) is 6.72. The molecule has 0 amide bonds. The highest BCUT2D eigenvalue weighted by molar-refractivity contribution is 9.13. The Labute approximate surface area is 118 Å². The Morgan fingerprint density at radius 2 is 2.24 bits per heavy atom. The Hall–Kier alpha value is 0.120. The van der Waals surface area contributed by atoms with E-state index in [1.165, 1.54) is 0 Å². The van der Waals surface area contributed by atoms with E-state index in [9.17, 15) is 0 Å². The van der Waals surface area contributed by atoms with Gasteiger partial charge >= 0.3 is 0 Å². The van der Waals surface area contributed by atoms with Gasteiger partial charge in [-0.25, -0.2) is 0 Å². The number of hydrogen-bond donors (Lipinski definition) is 3. The molecule has 2 unspecified atom stereocenters. The van der Waals surface area contributed by atoms with Gasteiger partial charge in [0.15, 0.2) is 4.67 Å². The van der Waals surface area contributed by atoms with Crippen LogP contribution in [0, 0.1) is 0 Å². The second-order valence-corrected chi connectivity index (χ2v) is 5.42. The first kappa shape index (κ1) is 15.2. The van der Waals surface area contributed by atoms with Gasteiger partial charge in [-0.2, -0.15) is 0 Å². The molecular formula is C11H18Br2N2O2. The van der Waals surface area contributed by atoms with Crippen LogP contribution in [-0.2, 0) is 0 Å². The van der Waals surface area contributed by atoms with Gasteiger partial charge in [-0.1, -0.05) is 6.92 Å². The summed E-state index contributed by atoms with van der Waals surface area (Å²) in [7, 11) is 0. The molecule has 0 spiro atoms. The molecule has 98 valence electrons. The highest BCUT2D eigenvalue weighted by Crippen LogP contribution is 2.30. The standard InChI is InChI=1S/C11H18Br2N2O2/c1-2-7(3-4-16)15-9(6-14)10-5-8(12)11(13)17-10/h5,7,9,15-16H,2-4,6,14H2,1H3. The SMILES string of the molecule is CCC(CCO)NC(CN)c1cc(Br)c(Br)o1. The zero-order valence-corrected chi connectivity index (χ0v) is 12.9. The molecule has 17 heavy (non-hydrogen) atoms. The summed E-state index contributed by atoms with van der Waals surface area (Å²) in [6, 6.07) is 2.12. The van der Waals surface area contributed by atoms with Crippen LogP contribution in [0.15, 0.2) is 19.6 Å². The molecule has 0 aliphatic heterocycles. The second-order valence-electron chi connectivity index (χ2n) is 3.84. The van der Waals surface area contributed by atoms with Crippen molar-refractivity contribution in [1.82, 2.24) is 5.32 Å². The van der Waals surface area contributed by atoms with Gasteiger partial charge in [-0.3, -0.25) is 0 Å². The van der Waals surface area contributed by atoms with Crippen molar-refractivity contribution >= 4 is 31.9 Å². The molecule has 1 rings (SSSR count). The zero-order valence-electron chi connectivity index (χ0n) is 9.75. The van der Waals surface area contributed by atoms with E-state index < -0.39 is 0 Å². The van der Waals surface area contributed by atoms with Crippen molar-refractivity contribution in [1.29, 1.82) is 0 Å². The first-order valence-corrected chi connectivity index (χ1v) is 7.22. The van der Waals surface area contributed by atoms with E-state index in [2.05, 4.69) is 44.1 Å². The third-order valence-electron chi connectivity index (χ3n) is 2.65. The van der Waals surface area contributed by atoms with E-state index in [1.807, 2.05) is 6.07 Å². The predicted molar refractivity (Wildman–Crippen MR) is 74.8 cm³/mol. The van der Waals surface area contributed by atoms with E-state index in [4.69, 9.17) is 15.3 Å². The molecule has 0 aromatic carbocycles. The van der Waals surface area contributed by atoms with E-state index in [-0.39, 0.29) is 18.7 Å². The van der Waals surface area contributed by atoms with Gasteiger partial charge in [0, 0.05) is 19.2 Å². The number of nitrogens with one attached hydrogen (secondary N) is 1. The number of aliphatic hydroxyl groups is 1. The molecule has 1 aromatic rings. The van der Waals surface area contributed by atoms with Crippen LogP contribution in [-0.4, -0.2) is 24.3 Å². The Balaban J connectivity index is 2.70. The van der Waals surface area contributed by atoms with Gasteiger partial charge in [0.1, 0.15) is 5.76 Å². The van der Waals surface area contributed by atoms with Crippen LogP contribution in [0.5, 0.6) is 0 Å². The minimum absolute atomic E-state index is 0.0332. The summed E-state index contributed by atoms with van der Waals surface area (Å²) in [4.78, 5) is 0. The van der Waals surface area contributed by atoms with Crippen molar-refractivity contribution in [3.63, 3.8) is 0 Å². The summed E-state index contributed by atoms with van der Waals surface area (Å²) >= 11 is 6.68. The van der Waals surface area contributed by atoms with E-state index in [1.54, 1.807) is 0 Å². The zero-order chi connectivity index (χ0) is 12.8. The maximum absolute atomic E-state index is 8.96. The summed E-state index contributed by atoms with van der Waals surface area (Å²) in [6.45, 7) is 2.71. The first-order valence-electron chi connectivity index (χ1n) is 5.64. The molecule has 0 aliphatic carbocycles. The summed E-state index contributed by atoms with van der Waals surface area (Å²) in [5.41, 5.74) is 5.75. The summed E-state index contributed by atoms with van der Waals surface area (Å²) in [6.07, 6.45) is 1.66. The second kappa shape index (κ2) is 7.53. The normalized spacial score (nSPS) is 14.9. The minimum Gasteiger partial charge on any atom is -0.451 e. The van der Waals surface area contributed by atoms with E-state index in [0.717, 1.165) is 23.1 Å². The van der Waals surface area contributed by atoms with Crippen LogP contribution in [0.4, 0.5) is 0 Å². The first-order chi connectivity index (χ1) is 8.12. The lowest BCUT2D eigenvalue weighted by Crippen LogP contribution is -2.36. The summed E-state index contributed by atoms with van der Waals surface area (Å²) < 4.78 is 7.10. The molecule has 0 fully saturated rings. The van der Waals surface area contributed by atoms with Crippen LogP contribution in [0.25, 0.3) is 0 Å². The highest BCUT2D eigenvalue weighted by atomic mass is 79.9. The predicted octanol–water partition coefficient (Wildman–Crippen LogP) is 2.55. The van der Waals surface area contributed by atoms with Crippen molar-refractivity contribution in [2.45, 2.75) is 31.8 Å². The fraction of sp³-hybridized carbons (Fsp3) is 0.636. The lowest BCUT2D eigenvalue weighted by molar-refractivity contribution is 0.251. The molecule has 0 saturated carbocycles. The highest BCUT2D eigenvalue weighted by Gasteiger charge is 2.19. The van der Waals surface area contributed by atoms with Crippen LogP contribution < -0.4 is 11.1 Å². The monoisotopic (exact) mass is 368 g/mol. The van der Waals surface area contributed by atoms with Gasteiger partial charge in [0.05, 0.1) is 10.5 Å². The molecule has 6 heteroatoms. The van der Waals surface area contributed by atoms with Crippen LogP contribution >= 0.6 is 31.9 Å². The Bertz CT molecular complexity index is 325. The summed E-state index contributed by atoms with van der Waals surface area (Å²) in [5.74, 6) is 0.794. The topological polar surface area (TPSA) is 71.4 Å². The number of rotatable bonds is 7. The molecule has 1 heterocycles. The van der Waals surface area contributed by atoms with Gasteiger partial charge in [0.25, 0.3) is 0 Å². The number of furan rings is 1. The maximum Gasteiger partial charge on any atom is 0.183 e. The minimum atomic E-state index is -0.0332. The van der Waals surface area contributed by atoms with Crippen molar-refractivity contribution in [3.05, 3.63) is 21.0 Å². The lowest BCUT2D eigenvalue weighted by atomic mass is 10.1. The van der Waals surface area contributed by atoms with Crippen LogP contribution in [0.2, 0.25) is 0 Å². The maximum atomic E-state index is 8.96. The van der Waals surface area contributed by atoms with Gasteiger partial charge < -0.3 is 20.6 Å². The lowest BCUT2D eigenvalue weighted by Gasteiger charge is -2.22. The number of aliphatic hydroxyl groups excluding tert-OH is 1. The number of halogens is 2.